The fourth-order valence-electron chi connectivity index (χ4n) is 8.25. The second-order valence-corrected chi connectivity index (χ2v) is 13.7. The van der Waals surface area contributed by atoms with Crippen LogP contribution in [-0.2, 0) is 19.1 Å². The Balaban J connectivity index is 1.60. The predicted octanol–water partition coefficient (Wildman–Crippen LogP) is 5.96. The summed E-state index contributed by atoms with van der Waals surface area (Å²) >= 11 is 6.71. The number of aliphatic hydroxyl groups excluding tert-OH is 1. The van der Waals surface area contributed by atoms with Crippen LogP contribution in [0.4, 0.5) is 11.4 Å². The molecular formula is C38H48ClN3O6. The number of hydrogen-bond acceptors (Lipinski definition) is 6. The van der Waals surface area contributed by atoms with Crippen molar-refractivity contribution in [2.75, 3.05) is 42.6 Å². The van der Waals surface area contributed by atoms with Crippen molar-refractivity contribution in [1.29, 1.82) is 0 Å². The van der Waals surface area contributed by atoms with E-state index in [0.29, 0.717) is 61.0 Å². The molecule has 258 valence electrons. The molecule has 5 rings (SSSR count). The van der Waals surface area contributed by atoms with Gasteiger partial charge in [-0.3, -0.25) is 14.4 Å². The molecule has 0 aliphatic carbocycles. The smallest absolute Gasteiger partial charge is 0.253 e. The van der Waals surface area contributed by atoms with Gasteiger partial charge in [-0.15, -0.1) is 13.2 Å². The lowest BCUT2D eigenvalue weighted by atomic mass is 9.62. The molecule has 1 spiro atoms. The average Bonchev–Trinajstić information content (AvgIpc) is 3.57. The van der Waals surface area contributed by atoms with Gasteiger partial charge in [0.2, 0.25) is 11.8 Å². The van der Waals surface area contributed by atoms with Gasteiger partial charge in [0.15, 0.2) is 0 Å². The third kappa shape index (κ3) is 5.94. The summed E-state index contributed by atoms with van der Waals surface area (Å²) in [6.07, 6.45) is 5.61. The number of halogens is 1. The first-order chi connectivity index (χ1) is 23.0. The minimum Gasteiger partial charge on any atom is -0.494 e. The van der Waals surface area contributed by atoms with Crippen molar-refractivity contribution >= 4 is 40.7 Å². The summed E-state index contributed by atoms with van der Waals surface area (Å²) in [6, 6.07) is 11.8. The first kappa shape index (κ1) is 35.6. The maximum Gasteiger partial charge on any atom is 0.253 e. The molecule has 2 bridgehead atoms. The molecule has 10 heteroatoms. The van der Waals surface area contributed by atoms with E-state index in [2.05, 4.69) is 13.2 Å². The topological polar surface area (TPSA) is 99.6 Å². The van der Waals surface area contributed by atoms with Crippen LogP contribution in [0.5, 0.6) is 5.75 Å². The van der Waals surface area contributed by atoms with Crippen LogP contribution >= 0.6 is 11.6 Å². The number of rotatable bonds is 15. The Bertz CT molecular complexity index is 1530. The van der Waals surface area contributed by atoms with Gasteiger partial charge < -0.3 is 29.3 Å². The summed E-state index contributed by atoms with van der Waals surface area (Å²) in [4.78, 5) is 49.5. The van der Waals surface area contributed by atoms with Gasteiger partial charge in [0.1, 0.15) is 17.4 Å². The molecule has 3 saturated heterocycles. The minimum atomic E-state index is -1.23. The molecule has 48 heavy (non-hydrogen) atoms. The minimum absolute atomic E-state index is 0.0437. The van der Waals surface area contributed by atoms with Gasteiger partial charge in [-0.05, 0) is 88.3 Å². The van der Waals surface area contributed by atoms with E-state index in [9.17, 15) is 14.7 Å². The fourth-order valence-corrected chi connectivity index (χ4v) is 8.57. The largest absolute Gasteiger partial charge is 0.494 e. The summed E-state index contributed by atoms with van der Waals surface area (Å²) < 4.78 is 12.6. The van der Waals surface area contributed by atoms with E-state index >= 15 is 4.79 Å². The SMILES string of the molecule is C=CCN(C(=O)[C@@H]1[C@H]2C(=O)N(CCCCCO)C(C(=O)N(CC=C)c3c(C)cccc3Cl)C23CC(C)[C@@]1(C)O3)c1ccc(OCC)cc1. The number of aryl methyl sites for hydroxylation is 1. The number of ether oxygens (including phenoxy) is 2. The Morgan fingerprint density at radius 2 is 1.77 bits per heavy atom. The monoisotopic (exact) mass is 677 g/mol. The number of likely N-dealkylation sites (tertiary alicyclic amines) is 1. The number of para-hydroxylation sites is 1. The van der Waals surface area contributed by atoms with Crippen molar-refractivity contribution in [3.63, 3.8) is 0 Å². The van der Waals surface area contributed by atoms with E-state index in [-0.39, 0.29) is 43.3 Å². The highest BCUT2D eigenvalue weighted by molar-refractivity contribution is 6.34. The van der Waals surface area contributed by atoms with E-state index in [4.69, 9.17) is 21.1 Å². The molecule has 3 amide bonds. The van der Waals surface area contributed by atoms with Crippen molar-refractivity contribution in [2.24, 2.45) is 17.8 Å². The summed E-state index contributed by atoms with van der Waals surface area (Å²) in [5, 5.41) is 9.84. The molecule has 3 unspecified atom stereocenters. The van der Waals surface area contributed by atoms with E-state index in [1.807, 2.05) is 64.1 Å². The van der Waals surface area contributed by atoms with Crippen LogP contribution < -0.4 is 14.5 Å². The molecule has 2 aromatic carbocycles. The highest BCUT2D eigenvalue weighted by Gasteiger charge is 2.80. The second-order valence-electron chi connectivity index (χ2n) is 13.3. The number of nitrogens with zero attached hydrogens (tertiary/aromatic N) is 3. The van der Waals surface area contributed by atoms with Crippen molar-refractivity contribution in [3.8, 4) is 5.75 Å². The summed E-state index contributed by atoms with van der Waals surface area (Å²) in [7, 11) is 0. The van der Waals surface area contributed by atoms with Gasteiger partial charge in [0.25, 0.3) is 5.91 Å². The second kappa shape index (κ2) is 14.4. The number of carbonyl (C=O) groups excluding carboxylic acids is 3. The van der Waals surface area contributed by atoms with Crippen LogP contribution in [-0.4, -0.2) is 77.8 Å². The zero-order chi connectivity index (χ0) is 34.8. The van der Waals surface area contributed by atoms with Gasteiger partial charge >= 0.3 is 0 Å². The summed E-state index contributed by atoms with van der Waals surface area (Å²) in [5.74, 6) is -1.96. The van der Waals surface area contributed by atoms with Crippen molar-refractivity contribution in [1.82, 2.24) is 4.90 Å². The third-order valence-electron chi connectivity index (χ3n) is 10.4. The maximum atomic E-state index is 15.0. The first-order valence-electron chi connectivity index (χ1n) is 16.9. The van der Waals surface area contributed by atoms with Crippen LogP contribution in [0.15, 0.2) is 67.8 Å². The zero-order valence-corrected chi connectivity index (χ0v) is 29.2. The Morgan fingerprint density at radius 3 is 2.40 bits per heavy atom. The molecule has 9 nitrogen and oxygen atoms in total. The number of aliphatic hydroxyl groups is 1. The zero-order valence-electron chi connectivity index (χ0n) is 28.5. The normalized spacial score (nSPS) is 27.1. The number of anilines is 2. The Morgan fingerprint density at radius 1 is 1.08 bits per heavy atom. The standard InChI is InChI=1S/C38H48ClN3O6/c1-7-20-40(27-16-18-28(19-17-27)47-9-3)34(44)30-31-35(45)42(22-11-10-12-23-43)33(38(31)24-26(5)37(30,6)48-38)36(46)41(21-8-2)32-25(4)14-13-15-29(32)39/h7-8,13-19,26,30-31,33,43H,1-2,9-12,20-24H2,3-6H3/t26?,30-,31-,33?,37+,38?/m0/s1. The molecule has 0 radical (unpaired) electrons. The van der Waals surface area contributed by atoms with E-state index < -0.39 is 29.1 Å². The molecule has 6 atom stereocenters. The Kier molecular flexibility index (Phi) is 10.7. The van der Waals surface area contributed by atoms with Gasteiger partial charge in [0, 0.05) is 31.9 Å². The molecule has 2 aromatic rings. The van der Waals surface area contributed by atoms with Gasteiger partial charge in [-0.25, -0.2) is 0 Å². The molecule has 3 aliphatic heterocycles. The molecular weight excluding hydrogens is 630 g/mol. The Hall–Kier alpha value is -3.66. The van der Waals surface area contributed by atoms with E-state index in [1.54, 1.807) is 32.9 Å². The lowest BCUT2D eigenvalue weighted by Crippen LogP contribution is -2.57. The van der Waals surface area contributed by atoms with E-state index in [0.717, 1.165) is 5.56 Å². The Labute approximate surface area is 289 Å². The first-order valence-corrected chi connectivity index (χ1v) is 17.3. The van der Waals surface area contributed by atoms with Crippen molar-refractivity contribution in [3.05, 3.63) is 78.4 Å². The molecule has 3 heterocycles. The summed E-state index contributed by atoms with van der Waals surface area (Å²) in [6.45, 7) is 16.8. The third-order valence-corrected chi connectivity index (χ3v) is 10.7. The lowest BCUT2D eigenvalue weighted by Gasteiger charge is -2.39. The highest BCUT2D eigenvalue weighted by Crippen LogP contribution is 2.65. The molecule has 3 fully saturated rings. The average molecular weight is 678 g/mol. The molecule has 3 aliphatic rings. The van der Waals surface area contributed by atoms with Crippen molar-refractivity contribution < 1.29 is 29.0 Å². The number of hydrogen-bond donors (Lipinski definition) is 1. The van der Waals surface area contributed by atoms with Crippen LogP contribution in [0.1, 0.15) is 52.0 Å². The number of fused-ring (bicyclic) bond motifs is 1. The van der Waals surface area contributed by atoms with Gasteiger partial charge in [-0.2, -0.15) is 0 Å². The predicted molar refractivity (Wildman–Crippen MR) is 188 cm³/mol. The summed E-state index contributed by atoms with van der Waals surface area (Å²) in [5.41, 5.74) is -0.198. The number of benzene rings is 2. The van der Waals surface area contributed by atoms with Crippen molar-refractivity contribution in [2.45, 2.75) is 70.6 Å². The molecule has 0 saturated carbocycles. The van der Waals surface area contributed by atoms with E-state index in [1.165, 1.54) is 0 Å². The van der Waals surface area contributed by atoms with Gasteiger partial charge in [0.05, 0.1) is 34.8 Å². The fraction of sp³-hybridized carbons (Fsp3) is 0.500. The van der Waals surface area contributed by atoms with Crippen LogP contribution in [0.3, 0.4) is 0 Å². The van der Waals surface area contributed by atoms with Gasteiger partial charge in [-0.1, -0.05) is 42.8 Å². The van der Waals surface area contributed by atoms with Crippen LogP contribution in [0.25, 0.3) is 0 Å². The maximum absolute atomic E-state index is 15.0. The quantitative estimate of drug-likeness (QED) is 0.185. The van der Waals surface area contributed by atoms with Crippen LogP contribution in [0.2, 0.25) is 5.02 Å². The molecule has 1 N–H and O–H groups in total. The van der Waals surface area contributed by atoms with Crippen LogP contribution in [0, 0.1) is 24.7 Å². The molecule has 0 aromatic heterocycles. The number of carbonyl (C=O) groups is 3. The lowest BCUT2D eigenvalue weighted by molar-refractivity contribution is -0.145. The number of amides is 3. The highest BCUT2D eigenvalue weighted by atomic mass is 35.5. The number of unbranched alkanes of at least 4 members (excludes halogenated alkanes) is 2.